The number of nitrogens with one attached hydrogen (secondary N) is 3. The fourth-order valence-electron chi connectivity index (χ4n) is 8.50. The molecule has 59 heavy (non-hydrogen) atoms. The highest BCUT2D eigenvalue weighted by atomic mass is 19.3. The maximum atomic E-state index is 16.4. The van der Waals surface area contributed by atoms with Crippen LogP contribution in [0.25, 0.3) is 44.8 Å². The summed E-state index contributed by atoms with van der Waals surface area (Å²) in [5, 5.41) is 2.65. The molecule has 2 fully saturated rings. The molecule has 3 amide bonds. The van der Waals surface area contributed by atoms with Gasteiger partial charge in [0.1, 0.15) is 23.3 Å². The first-order valence-electron chi connectivity index (χ1n) is 20.2. The average molecular weight is 806 g/mol. The van der Waals surface area contributed by atoms with Crippen LogP contribution in [0, 0.1) is 5.92 Å². The summed E-state index contributed by atoms with van der Waals surface area (Å²) in [5.74, 6) is -2.38. The lowest BCUT2D eigenvalue weighted by atomic mass is 9.97. The lowest BCUT2D eigenvalue weighted by molar-refractivity contribution is -0.135. The Hall–Kier alpha value is -6.05. The van der Waals surface area contributed by atoms with Crippen LogP contribution in [0.1, 0.15) is 95.2 Å². The number of alkyl halides is 2. The number of benzene rings is 3. The van der Waals surface area contributed by atoms with Gasteiger partial charge in [0.2, 0.25) is 5.91 Å². The molecule has 0 bridgehead atoms. The molecule has 4 heterocycles. The smallest absolute Gasteiger partial charge is 0.410 e. The van der Waals surface area contributed by atoms with Gasteiger partial charge in [-0.2, -0.15) is 8.78 Å². The predicted molar refractivity (Wildman–Crippen MR) is 218 cm³/mol. The standard InChI is InChI=1S/C45H49F2N7O5/c1-25(2)38(52-42(56)58-6)41(55)53-19-7-9-36(53)39-49-24-35(51-39)29-16-18-31-30-17-15-28(21-32(30)45(46,47)33(31)22-29)26-11-13-27(14-12-26)34-23-48-40(50-34)37-10-8-20-54(37)43(57)59-44(3,4)5/h11-18,21-25,36-38H,7-10,19-20H2,1-6H3,(H,48,50)(H,49,51)(H,52,56). The van der Waals surface area contributed by atoms with Crippen molar-refractivity contribution in [1.82, 2.24) is 35.1 Å². The van der Waals surface area contributed by atoms with Gasteiger partial charge < -0.3 is 29.7 Å². The lowest BCUT2D eigenvalue weighted by Gasteiger charge is -2.30. The number of imidazole rings is 2. The van der Waals surface area contributed by atoms with E-state index in [0.29, 0.717) is 59.1 Å². The quantitative estimate of drug-likeness (QED) is 0.142. The Morgan fingerprint density at radius 1 is 0.780 bits per heavy atom. The molecule has 308 valence electrons. The van der Waals surface area contributed by atoms with E-state index in [2.05, 4.69) is 25.3 Å². The molecule has 14 heteroatoms. The van der Waals surface area contributed by atoms with Gasteiger partial charge in [-0.05, 0) is 92.3 Å². The number of carbonyl (C=O) groups excluding carboxylic acids is 3. The van der Waals surface area contributed by atoms with Crippen molar-refractivity contribution in [3.05, 3.63) is 95.8 Å². The van der Waals surface area contributed by atoms with E-state index >= 15 is 8.78 Å². The molecule has 0 radical (unpaired) electrons. The van der Waals surface area contributed by atoms with E-state index in [1.54, 1.807) is 40.4 Å². The maximum Gasteiger partial charge on any atom is 0.410 e. The van der Waals surface area contributed by atoms with Crippen LogP contribution in [0.4, 0.5) is 18.4 Å². The molecule has 8 rings (SSSR count). The number of H-pyrrole nitrogens is 2. The molecule has 3 N–H and O–H groups in total. The minimum atomic E-state index is -3.24. The summed E-state index contributed by atoms with van der Waals surface area (Å²) in [6, 6.07) is 16.6. The Balaban J connectivity index is 0.980. The van der Waals surface area contributed by atoms with Crippen molar-refractivity contribution < 1.29 is 32.6 Å². The molecule has 2 aromatic heterocycles. The number of hydrogen-bond acceptors (Lipinski definition) is 7. The second-order valence-corrected chi connectivity index (χ2v) is 16.9. The lowest BCUT2D eigenvalue weighted by Crippen LogP contribution is -2.51. The summed E-state index contributed by atoms with van der Waals surface area (Å²) in [6.07, 6.45) is 5.41. The molecule has 0 spiro atoms. The number of ether oxygens (including phenoxy) is 2. The number of hydrogen-bond donors (Lipinski definition) is 3. The number of fused-ring (bicyclic) bond motifs is 3. The third-order valence-corrected chi connectivity index (χ3v) is 11.5. The van der Waals surface area contributed by atoms with Crippen LogP contribution in [0.15, 0.2) is 73.1 Å². The molecule has 2 saturated heterocycles. The summed E-state index contributed by atoms with van der Waals surface area (Å²) in [7, 11) is 1.26. The van der Waals surface area contributed by atoms with Crippen molar-refractivity contribution >= 4 is 18.1 Å². The number of carbonyl (C=O) groups is 3. The highest BCUT2D eigenvalue weighted by Crippen LogP contribution is 2.53. The molecule has 5 aromatic rings. The van der Waals surface area contributed by atoms with E-state index < -0.39 is 23.7 Å². The summed E-state index contributed by atoms with van der Waals surface area (Å²) >= 11 is 0. The number of nitrogens with zero attached hydrogens (tertiary/aromatic N) is 4. The average Bonchev–Trinajstić information content (AvgIpc) is 4.06. The molecule has 1 aliphatic carbocycles. The van der Waals surface area contributed by atoms with Gasteiger partial charge in [0.25, 0.3) is 5.92 Å². The van der Waals surface area contributed by atoms with Gasteiger partial charge in [0.15, 0.2) is 0 Å². The number of likely N-dealkylation sites (tertiary alicyclic amines) is 2. The Kier molecular flexibility index (Phi) is 10.3. The first-order chi connectivity index (χ1) is 28.1. The van der Waals surface area contributed by atoms with Crippen molar-refractivity contribution in [1.29, 1.82) is 0 Å². The van der Waals surface area contributed by atoms with Crippen LogP contribution in [0.2, 0.25) is 0 Å². The fourth-order valence-corrected chi connectivity index (χ4v) is 8.50. The zero-order valence-electron chi connectivity index (χ0n) is 34.1. The number of rotatable bonds is 8. The van der Waals surface area contributed by atoms with Gasteiger partial charge in [-0.1, -0.05) is 62.4 Å². The van der Waals surface area contributed by atoms with Crippen LogP contribution in [-0.2, 0) is 20.2 Å². The Morgan fingerprint density at radius 2 is 1.29 bits per heavy atom. The molecule has 3 aromatic carbocycles. The summed E-state index contributed by atoms with van der Waals surface area (Å²) < 4.78 is 43.1. The molecule has 12 nitrogen and oxygen atoms in total. The second kappa shape index (κ2) is 15.3. The van der Waals surface area contributed by atoms with Crippen LogP contribution in [0.5, 0.6) is 0 Å². The van der Waals surface area contributed by atoms with Gasteiger partial charge in [-0.25, -0.2) is 19.6 Å². The molecule has 3 aliphatic rings. The highest BCUT2D eigenvalue weighted by molar-refractivity contribution is 5.87. The van der Waals surface area contributed by atoms with E-state index in [4.69, 9.17) is 9.47 Å². The zero-order chi connectivity index (χ0) is 41.8. The van der Waals surface area contributed by atoms with Crippen LogP contribution < -0.4 is 5.32 Å². The molecule has 3 unspecified atom stereocenters. The van der Waals surface area contributed by atoms with Gasteiger partial charge in [0.05, 0.1) is 43.0 Å². The number of aromatic nitrogens is 4. The number of methoxy groups -OCH3 is 1. The van der Waals surface area contributed by atoms with E-state index in [1.807, 2.05) is 71.0 Å². The van der Waals surface area contributed by atoms with Crippen molar-refractivity contribution in [2.45, 2.75) is 90.0 Å². The topological polar surface area (TPSA) is 146 Å². The number of alkyl carbamates (subject to hydrolysis) is 1. The second-order valence-electron chi connectivity index (χ2n) is 16.9. The monoisotopic (exact) mass is 805 g/mol. The summed E-state index contributed by atoms with van der Waals surface area (Å²) in [5.41, 5.74) is 4.49. The summed E-state index contributed by atoms with van der Waals surface area (Å²) in [4.78, 5) is 57.8. The van der Waals surface area contributed by atoms with E-state index in [0.717, 1.165) is 36.1 Å². The van der Waals surface area contributed by atoms with Gasteiger partial charge in [-0.15, -0.1) is 0 Å². The van der Waals surface area contributed by atoms with Crippen LogP contribution in [-0.4, -0.2) is 79.7 Å². The number of halogens is 2. The minimum Gasteiger partial charge on any atom is -0.453 e. The maximum absolute atomic E-state index is 16.4. The predicted octanol–water partition coefficient (Wildman–Crippen LogP) is 9.37. The Morgan fingerprint density at radius 3 is 1.86 bits per heavy atom. The molecule has 0 saturated carbocycles. The largest absolute Gasteiger partial charge is 0.453 e. The molecule has 2 aliphatic heterocycles. The normalized spacial score (nSPS) is 18.8. The van der Waals surface area contributed by atoms with E-state index in [1.165, 1.54) is 13.2 Å². The number of aromatic amines is 2. The van der Waals surface area contributed by atoms with Crippen LogP contribution >= 0.6 is 0 Å². The van der Waals surface area contributed by atoms with Crippen LogP contribution in [0.3, 0.4) is 0 Å². The molecular formula is C45H49F2N7O5. The van der Waals surface area contributed by atoms with Crippen molar-refractivity contribution in [2.24, 2.45) is 5.92 Å². The first kappa shape index (κ1) is 39.8. The van der Waals surface area contributed by atoms with Gasteiger partial charge in [0, 0.05) is 29.8 Å². The Labute approximate surface area is 341 Å². The van der Waals surface area contributed by atoms with Gasteiger partial charge in [-0.3, -0.25) is 9.69 Å². The van der Waals surface area contributed by atoms with E-state index in [-0.39, 0.29) is 41.1 Å². The molecular weight excluding hydrogens is 757 g/mol. The van der Waals surface area contributed by atoms with Crippen molar-refractivity contribution in [3.63, 3.8) is 0 Å². The Bertz CT molecular complexity index is 2400. The zero-order valence-corrected chi connectivity index (χ0v) is 34.1. The van der Waals surface area contributed by atoms with E-state index in [9.17, 15) is 14.4 Å². The summed E-state index contributed by atoms with van der Waals surface area (Å²) in [6.45, 7) is 10.4. The third-order valence-electron chi connectivity index (χ3n) is 11.5. The van der Waals surface area contributed by atoms with Crippen molar-refractivity contribution in [3.8, 4) is 44.8 Å². The van der Waals surface area contributed by atoms with Crippen molar-refractivity contribution in [2.75, 3.05) is 20.2 Å². The fraction of sp³-hybridized carbons (Fsp3) is 0.400. The SMILES string of the molecule is COC(=O)NC(C(=O)N1CCCC1c1ncc(-c2ccc3c(c2)C(F)(F)c2cc(-c4ccc(-c5cnc(C6CCCN6C(=O)OC(C)(C)C)[nH]5)cc4)ccc2-3)[nH]1)C(C)C. The van der Waals surface area contributed by atoms with Gasteiger partial charge >= 0.3 is 12.2 Å². The minimum absolute atomic E-state index is 0.0544. The third kappa shape index (κ3) is 7.56. The first-order valence-corrected chi connectivity index (χ1v) is 20.2. The highest BCUT2D eigenvalue weighted by Gasteiger charge is 2.45. The number of amides is 3. The molecule has 3 atom stereocenters.